The standard InChI is InChI=1S/C21H26O9/c1-10(8-22)18(24)27-13-7-21(4)14(29-21)5-6-20(3)17(30-20)16-15(13)12(19(25)28-16)9-26-11(2)23/h13-14,16-17,22H,1,5-9H2,2-4H3. The highest BCUT2D eigenvalue weighted by Gasteiger charge is 2.65. The van der Waals surface area contributed by atoms with Gasteiger partial charge in [0.2, 0.25) is 0 Å². The first kappa shape index (κ1) is 21.0. The Labute approximate surface area is 173 Å². The van der Waals surface area contributed by atoms with Crippen LogP contribution >= 0.6 is 0 Å². The number of epoxide rings is 2. The predicted octanol–water partition coefficient (Wildman–Crippen LogP) is 0.731. The minimum atomic E-state index is -0.885. The number of aliphatic hydroxyl groups is 1. The average Bonchev–Trinajstić information content (AvgIpc) is 3.50. The van der Waals surface area contributed by atoms with Gasteiger partial charge in [-0.05, 0) is 26.7 Å². The van der Waals surface area contributed by atoms with Gasteiger partial charge in [-0.15, -0.1) is 0 Å². The number of fused-ring (bicyclic) bond motifs is 4. The van der Waals surface area contributed by atoms with Gasteiger partial charge in [-0.2, -0.15) is 0 Å². The lowest BCUT2D eigenvalue weighted by Crippen LogP contribution is -2.36. The van der Waals surface area contributed by atoms with Gasteiger partial charge in [0.15, 0.2) is 6.10 Å². The van der Waals surface area contributed by atoms with E-state index in [4.69, 9.17) is 23.7 Å². The molecule has 4 rings (SSSR count). The number of aliphatic hydroxyl groups excluding tert-OH is 1. The smallest absolute Gasteiger partial charge is 0.338 e. The summed E-state index contributed by atoms with van der Waals surface area (Å²) < 4.78 is 28.2. The third kappa shape index (κ3) is 3.66. The van der Waals surface area contributed by atoms with Crippen molar-refractivity contribution in [2.24, 2.45) is 0 Å². The fraction of sp³-hybridized carbons (Fsp3) is 0.667. The molecule has 9 nitrogen and oxygen atoms in total. The van der Waals surface area contributed by atoms with Crippen LogP contribution in [0, 0.1) is 0 Å². The number of carbonyl (C=O) groups excluding carboxylic acids is 3. The van der Waals surface area contributed by atoms with Crippen molar-refractivity contribution in [3.8, 4) is 0 Å². The second kappa shape index (κ2) is 7.18. The molecule has 6 unspecified atom stereocenters. The molecule has 2 saturated heterocycles. The Kier molecular flexibility index (Phi) is 5.03. The van der Waals surface area contributed by atoms with Crippen LogP contribution in [0.15, 0.2) is 23.3 Å². The van der Waals surface area contributed by atoms with Crippen LogP contribution in [0.25, 0.3) is 0 Å². The van der Waals surface area contributed by atoms with Crippen LogP contribution < -0.4 is 0 Å². The summed E-state index contributed by atoms with van der Waals surface area (Å²) in [5.74, 6) is -1.96. The van der Waals surface area contributed by atoms with Gasteiger partial charge in [0.25, 0.3) is 0 Å². The Bertz CT molecular complexity index is 845. The first-order valence-corrected chi connectivity index (χ1v) is 10.0. The Morgan fingerprint density at radius 2 is 2.00 bits per heavy atom. The minimum Gasteiger partial charge on any atom is -0.461 e. The highest BCUT2D eigenvalue weighted by atomic mass is 16.7. The van der Waals surface area contributed by atoms with E-state index in [2.05, 4.69) is 6.58 Å². The zero-order chi connectivity index (χ0) is 21.8. The van der Waals surface area contributed by atoms with Gasteiger partial charge in [0, 0.05) is 18.9 Å². The van der Waals surface area contributed by atoms with Crippen molar-refractivity contribution in [1.82, 2.24) is 0 Å². The normalized spacial score (nSPS) is 39.1. The average molecular weight is 422 g/mol. The van der Waals surface area contributed by atoms with E-state index in [0.717, 1.165) is 12.8 Å². The fourth-order valence-electron chi connectivity index (χ4n) is 4.41. The molecule has 0 spiro atoms. The van der Waals surface area contributed by atoms with Crippen molar-refractivity contribution in [2.45, 2.75) is 75.7 Å². The molecule has 1 N–H and O–H groups in total. The summed E-state index contributed by atoms with van der Waals surface area (Å²) in [4.78, 5) is 36.4. The van der Waals surface area contributed by atoms with E-state index in [9.17, 15) is 19.5 Å². The first-order valence-electron chi connectivity index (χ1n) is 10.0. The Hall–Kier alpha value is -2.23. The van der Waals surface area contributed by atoms with Crippen molar-refractivity contribution in [2.75, 3.05) is 13.2 Å². The van der Waals surface area contributed by atoms with Crippen LogP contribution in [0.1, 0.15) is 40.0 Å². The number of ether oxygens (including phenoxy) is 5. The summed E-state index contributed by atoms with van der Waals surface area (Å²) in [5.41, 5.74) is -0.574. The van der Waals surface area contributed by atoms with E-state index in [1.807, 2.05) is 13.8 Å². The molecule has 9 heteroatoms. The molecule has 0 aromatic heterocycles. The van der Waals surface area contributed by atoms with Gasteiger partial charge in [-0.1, -0.05) is 6.58 Å². The maximum absolute atomic E-state index is 12.7. The number of esters is 3. The molecule has 164 valence electrons. The van der Waals surface area contributed by atoms with Crippen LogP contribution in [0.3, 0.4) is 0 Å². The van der Waals surface area contributed by atoms with Crippen molar-refractivity contribution in [3.63, 3.8) is 0 Å². The van der Waals surface area contributed by atoms with Gasteiger partial charge in [0.1, 0.15) is 18.8 Å². The molecule has 3 fully saturated rings. The van der Waals surface area contributed by atoms with Gasteiger partial charge in [0.05, 0.1) is 35.1 Å². The lowest BCUT2D eigenvalue weighted by molar-refractivity contribution is -0.144. The topological polar surface area (TPSA) is 124 Å². The Morgan fingerprint density at radius 1 is 1.27 bits per heavy atom. The monoisotopic (exact) mass is 422 g/mol. The summed E-state index contributed by atoms with van der Waals surface area (Å²) in [7, 11) is 0. The second-order valence-corrected chi connectivity index (χ2v) is 8.71. The third-order valence-electron chi connectivity index (χ3n) is 6.38. The minimum absolute atomic E-state index is 0.0199. The van der Waals surface area contributed by atoms with Gasteiger partial charge in [-0.3, -0.25) is 4.79 Å². The lowest BCUT2D eigenvalue weighted by atomic mass is 9.83. The van der Waals surface area contributed by atoms with Crippen molar-refractivity contribution < 1.29 is 43.2 Å². The SMILES string of the molecule is C=C(CO)C(=O)OC1CC2(C)OC2CCC2(C)OC2C2OC(=O)C(COC(C)=O)=C12. The summed E-state index contributed by atoms with van der Waals surface area (Å²) in [6.07, 6.45) is -0.253. The van der Waals surface area contributed by atoms with Crippen LogP contribution in [0.5, 0.6) is 0 Å². The summed E-state index contributed by atoms with van der Waals surface area (Å²) in [5, 5.41) is 9.24. The molecule has 0 bridgehead atoms. The van der Waals surface area contributed by atoms with Crippen molar-refractivity contribution in [1.29, 1.82) is 0 Å². The predicted molar refractivity (Wildman–Crippen MR) is 100 cm³/mol. The molecule has 0 aromatic carbocycles. The molecular weight excluding hydrogens is 396 g/mol. The molecule has 0 amide bonds. The zero-order valence-electron chi connectivity index (χ0n) is 17.3. The van der Waals surface area contributed by atoms with Gasteiger partial charge in [-0.25, -0.2) is 9.59 Å². The van der Waals surface area contributed by atoms with E-state index in [0.29, 0.717) is 5.57 Å². The van der Waals surface area contributed by atoms with Gasteiger partial charge >= 0.3 is 17.9 Å². The van der Waals surface area contributed by atoms with Crippen molar-refractivity contribution >= 4 is 17.9 Å². The van der Waals surface area contributed by atoms with E-state index in [1.54, 1.807) is 0 Å². The molecule has 1 saturated carbocycles. The molecule has 4 aliphatic rings. The second-order valence-electron chi connectivity index (χ2n) is 8.71. The van der Waals surface area contributed by atoms with E-state index >= 15 is 0 Å². The number of carbonyl (C=O) groups is 3. The number of hydrogen-bond acceptors (Lipinski definition) is 9. The summed E-state index contributed by atoms with van der Waals surface area (Å²) >= 11 is 0. The van der Waals surface area contributed by atoms with Crippen LogP contribution in [0.2, 0.25) is 0 Å². The number of hydrogen-bond donors (Lipinski definition) is 1. The van der Waals surface area contributed by atoms with Crippen LogP contribution in [-0.4, -0.2) is 71.8 Å². The van der Waals surface area contributed by atoms with Crippen LogP contribution in [-0.2, 0) is 38.1 Å². The highest BCUT2D eigenvalue weighted by molar-refractivity contribution is 5.94. The fourth-order valence-corrected chi connectivity index (χ4v) is 4.41. The maximum Gasteiger partial charge on any atom is 0.338 e. The zero-order valence-corrected chi connectivity index (χ0v) is 17.3. The molecule has 0 radical (unpaired) electrons. The highest BCUT2D eigenvalue weighted by Crippen LogP contribution is 2.54. The maximum atomic E-state index is 12.7. The molecule has 30 heavy (non-hydrogen) atoms. The molecule has 3 aliphatic heterocycles. The Balaban J connectivity index is 1.74. The molecule has 0 aromatic rings. The molecule has 1 aliphatic carbocycles. The van der Waals surface area contributed by atoms with Gasteiger partial charge < -0.3 is 28.8 Å². The molecule has 3 heterocycles. The largest absolute Gasteiger partial charge is 0.461 e. The van der Waals surface area contributed by atoms with E-state index < -0.39 is 54.0 Å². The van der Waals surface area contributed by atoms with E-state index in [-0.39, 0.29) is 30.3 Å². The van der Waals surface area contributed by atoms with Crippen LogP contribution in [0.4, 0.5) is 0 Å². The number of rotatable bonds is 5. The Morgan fingerprint density at radius 3 is 2.67 bits per heavy atom. The summed E-state index contributed by atoms with van der Waals surface area (Å²) in [6, 6.07) is 0. The molecular formula is C21H26O9. The van der Waals surface area contributed by atoms with E-state index in [1.165, 1.54) is 6.92 Å². The van der Waals surface area contributed by atoms with Crippen molar-refractivity contribution in [3.05, 3.63) is 23.3 Å². The quantitative estimate of drug-likeness (QED) is 0.295. The first-order chi connectivity index (χ1) is 14.1. The molecule has 6 atom stereocenters. The summed E-state index contributed by atoms with van der Waals surface area (Å²) in [6.45, 7) is 7.78. The lowest BCUT2D eigenvalue weighted by Gasteiger charge is -2.26. The third-order valence-corrected chi connectivity index (χ3v) is 6.38.